The van der Waals surface area contributed by atoms with Crippen molar-refractivity contribution in [3.05, 3.63) is 35.4 Å². The summed E-state index contributed by atoms with van der Waals surface area (Å²) < 4.78 is 0. The van der Waals surface area contributed by atoms with Gasteiger partial charge >= 0.3 is 0 Å². The number of amides is 1. The molecule has 19 heavy (non-hydrogen) atoms. The predicted octanol–water partition coefficient (Wildman–Crippen LogP) is 4.23. The zero-order valence-electron chi connectivity index (χ0n) is 12.4. The maximum absolute atomic E-state index is 12.4. The molecule has 0 aliphatic rings. The Hall–Kier alpha value is -0.830. The largest absolute Gasteiger partial charge is 0.339 e. The fourth-order valence-corrected chi connectivity index (χ4v) is 2.20. The van der Waals surface area contributed by atoms with E-state index in [2.05, 4.69) is 48.8 Å². The van der Waals surface area contributed by atoms with Crippen LogP contribution in [-0.4, -0.2) is 29.2 Å². The van der Waals surface area contributed by atoms with Gasteiger partial charge in [-0.1, -0.05) is 48.8 Å². The van der Waals surface area contributed by atoms with Gasteiger partial charge in [0.05, 0.1) is 0 Å². The second-order valence-electron chi connectivity index (χ2n) is 5.75. The van der Waals surface area contributed by atoms with Crippen LogP contribution in [0.4, 0.5) is 0 Å². The summed E-state index contributed by atoms with van der Waals surface area (Å²) in [5.74, 6) is 0.129. The summed E-state index contributed by atoms with van der Waals surface area (Å²) in [6.07, 6.45) is 0.986. The molecular weight excluding hydrogens is 302 g/mol. The highest BCUT2D eigenvalue weighted by atomic mass is 79.9. The van der Waals surface area contributed by atoms with Gasteiger partial charge in [0.1, 0.15) is 0 Å². The fourth-order valence-electron chi connectivity index (χ4n) is 1.95. The van der Waals surface area contributed by atoms with Gasteiger partial charge in [-0.2, -0.15) is 0 Å². The van der Waals surface area contributed by atoms with Gasteiger partial charge in [0.25, 0.3) is 5.91 Å². The van der Waals surface area contributed by atoms with Crippen molar-refractivity contribution < 1.29 is 4.79 Å². The minimum Gasteiger partial charge on any atom is -0.339 e. The second-order valence-corrected chi connectivity index (χ2v) is 6.55. The molecule has 1 aromatic carbocycles. The van der Waals surface area contributed by atoms with E-state index in [-0.39, 0.29) is 11.3 Å². The third kappa shape index (κ3) is 4.64. The summed E-state index contributed by atoms with van der Waals surface area (Å²) in [5, 5.41) is 0.930. The molecule has 1 amide bonds. The predicted molar refractivity (Wildman–Crippen MR) is 85.1 cm³/mol. The van der Waals surface area contributed by atoms with E-state index in [0.29, 0.717) is 0 Å². The van der Waals surface area contributed by atoms with Gasteiger partial charge in [0.2, 0.25) is 0 Å². The van der Waals surface area contributed by atoms with E-state index in [1.165, 1.54) is 5.56 Å². The van der Waals surface area contributed by atoms with Crippen LogP contribution in [0.2, 0.25) is 0 Å². The Morgan fingerprint density at radius 2 is 1.79 bits per heavy atom. The second kappa shape index (κ2) is 7.09. The molecule has 0 saturated carbocycles. The maximum atomic E-state index is 12.4. The van der Waals surface area contributed by atoms with Gasteiger partial charge in [-0.25, -0.2) is 0 Å². The molecule has 0 saturated heterocycles. The molecule has 0 radical (unpaired) electrons. The van der Waals surface area contributed by atoms with E-state index in [1.807, 2.05) is 24.0 Å². The summed E-state index contributed by atoms with van der Waals surface area (Å²) in [4.78, 5) is 14.2. The van der Waals surface area contributed by atoms with Crippen LogP contribution in [0.25, 0.3) is 0 Å². The number of carbonyl (C=O) groups excluding carboxylic acids is 1. The zero-order chi connectivity index (χ0) is 14.5. The number of carbonyl (C=O) groups is 1. The Kier molecular flexibility index (Phi) is 6.05. The van der Waals surface area contributed by atoms with Gasteiger partial charge < -0.3 is 4.90 Å². The third-order valence-corrected chi connectivity index (χ3v) is 3.79. The number of hydrogen-bond donors (Lipinski definition) is 0. The molecule has 106 valence electrons. The molecule has 0 heterocycles. The molecule has 0 fully saturated rings. The molecule has 2 nitrogen and oxygen atoms in total. The smallest absolute Gasteiger partial charge is 0.253 e. The van der Waals surface area contributed by atoms with Crippen LogP contribution in [0.3, 0.4) is 0 Å². The van der Waals surface area contributed by atoms with Crippen LogP contribution in [0.1, 0.15) is 50.0 Å². The lowest BCUT2D eigenvalue weighted by atomic mass is 9.86. The number of benzene rings is 1. The highest BCUT2D eigenvalue weighted by Crippen LogP contribution is 2.22. The first-order valence-corrected chi connectivity index (χ1v) is 7.98. The Morgan fingerprint density at radius 1 is 1.21 bits per heavy atom. The van der Waals surface area contributed by atoms with Gasteiger partial charge in [-0.05, 0) is 36.5 Å². The molecular formula is C16H24BrNO. The standard InChI is InChI=1S/C16H24BrNO/c1-5-18(12-6-11-17)15(19)13-7-9-14(10-8-13)16(2,3)4/h7-10H,5-6,11-12H2,1-4H3. The van der Waals surface area contributed by atoms with E-state index >= 15 is 0 Å². The van der Waals surface area contributed by atoms with E-state index in [1.54, 1.807) is 0 Å². The molecule has 0 N–H and O–H groups in total. The molecule has 0 aromatic heterocycles. The highest BCUT2D eigenvalue weighted by Gasteiger charge is 2.16. The molecule has 3 heteroatoms. The summed E-state index contributed by atoms with van der Waals surface area (Å²) in [5.41, 5.74) is 2.17. The van der Waals surface area contributed by atoms with Crippen molar-refractivity contribution in [3.63, 3.8) is 0 Å². The first-order chi connectivity index (χ1) is 8.90. The van der Waals surface area contributed by atoms with Crippen LogP contribution < -0.4 is 0 Å². The number of halogens is 1. The molecule has 0 spiro atoms. The van der Waals surface area contributed by atoms with E-state index in [0.717, 1.165) is 30.4 Å². The quantitative estimate of drug-likeness (QED) is 0.742. The van der Waals surface area contributed by atoms with Gasteiger partial charge in [-0.3, -0.25) is 4.79 Å². The Labute approximate surface area is 125 Å². The number of alkyl halides is 1. The molecule has 0 aliphatic heterocycles. The average Bonchev–Trinajstić information content (AvgIpc) is 2.38. The normalized spacial score (nSPS) is 11.4. The fraction of sp³-hybridized carbons (Fsp3) is 0.562. The van der Waals surface area contributed by atoms with Crippen LogP contribution in [-0.2, 0) is 5.41 Å². The van der Waals surface area contributed by atoms with Crippen LogP contribution in [0, 0.1) is 0 Å². The third-order valence-electron chi connectivity index (χ3n) is 3.23. The molecule has 0 unspecified atom stereocenters. The van der Waals surface area contributed by atoms with Gasteiger partial charge in [-0.15, -0.1) is 0 Å². The number of hydrogen-bond acceptors (Lipinski definition) is 1. The minimum absolute atomic E-state index is 0.127. The number of nitrogens with zero attached hydrogens (tertiary/aromatic N) is 1. The highest BCUT2D eigenvalue weighted by molar-refractivity contribution is 9.09. The first kappa shape index (κ1) is 16.2. The van der Waals surface area contributed by atoms with Crippen LogP contribution >= 0.6 is 15.9 Å². The Balaban J connectivity index is 2.82. The first-order valence-electron chi connectivity index (χ1n) is 6.86. The van der Waals surface area contributed by atoms with Crippen molar-refractivity contribution in [1.29, 1.82) is 0 Å². The van der Waals surface area contributed by atoms with Crippen molar-refractivity contribution in [1.82, 2.24) is 4.90 Å². The van der Waals surface area contributed by atoms with Gasteiger partial charge in [0.15, 0.2) is 0 Å². The molecule has 0 bridgehead atoms. The van der Waals surface area contributed by atoms with E-state index < -0.39 is 0 Å². The molecule has 0 atom stereocenters. The topological polar surface area (TPSA) is 20.3 Å². The summed E-state index contributed by atoms with van der Waals surface area (Å²) >= 11 is 3.41. The van der Waals surface area contributed by atoms with E-state index in [9.17, 15) is 4.79 Å². The summed E-state index contributed by atoms with van der Waals surface area (Å²) in [6, 6.07) is 8.01. The van der Waals surface area contributed by atoms with Crippen molar-refractivity contribution in [2.45, 2.75) is 39.5 Å². The summed E-state index contributed by atoms with van der Waals surface area (Å²) in [7, 11) is 0. The summed E-state index contributed by atoms with van der Waals surface area (Å²) in [6.45, 7) is 10.1. The molecule has 1 rings (SSSR count). The van der Waals surface area contributed by atoms with Crippen LogP contribution in [0.5, 0.6) is 0 Å². The molecule has 0 aliphatic carbocycles. The van der Waals surface area contributed by atoms with Gasteiger partial charge in [0, 0.05) is 24.0 Å². The van der Waals surface area contributed by atoms with Crippen LogP contribution in [0.15, 0.2) is 24.3 Å². The minimum atomic E-state index is 0.127. The van der Waals surface area contributed by atoms with Crippen molar-refractivity contribution in [2.24, 2.45) is 0 Å². The van der Waals surface area contributed by atoms with Crippen molar-refractivity contribution in [3.8, 4) is 0 Å². The Bertz CT molecular complexity index is 406. The monoisotopic (exact) mass is 325 g/mol. The SMILES string of the molecule is CCN(CCCBr)C(=O)c1ccc(C(C)(C)C)cc1. The lowest BCUT2D eigenvalue weighted by Crippen LogP contribution is -2.32. The Morgan fingerprint density at radius 3 is 2.21 bits per heavy atom. The lowest BCUT2D eigenvalue weighted by Gasteiger charge is -2.22. The maximum Gasteiger partial charge on any atom is 0.253 e. The van der Waals surface area contributed by atoms with E-state index in [4.69, 9.17) is 0 Å². The molecule has 1 aromatic rings. The van der Waals surface area contributed by atoms with Crippen molar-refractivity contribution >= 4 is 21.8 Å². The lowest BCUT2D eigenvalue weighted by molar-refractivity contribution is 0.0765. The average molecular weight is 326 g/mol. The zero-order valence-corrected chi connectivity index (χ0v) is 14.0. The van der Waals surface area contributed by atoms with Crippen molar-refractivity contribution in [2.75, 3.05) is 18.4 Å². The number of rotatable bonds is 5.